The van der Waals surface area contributed by atoms with Crippen molar-refractivity contribution in [3.8, 4) is 0 Å². The van der Waals surface area contributed by atoms with Gasteiger partial charge in [-0.05, 0) is 86.5 Å². The molecule has 0 amide bonds. The third-order valence-electron chi connectivity index (χ3n) is 4.15. The summed E-state index contributed by atoms with van der Waals surface area (Å²) in [6.45, 7) is 13.3. The van der Waals surface area contributed by atoms with Crippen LogP contribution in [0.25, 0.3) is 0 Å². The van der Waals surface area contributed by atoms with Crippen molar-refractivity contribution in [1.29, 1.82) is 0 Å². The molecule has 0 aromatic heterocycles. The van der Waals surface area contributed by atoms with Crippen molar-refractivity contribution in [2.75, 3.05) is 19.4 Å². The lowest BCUT2D eigenvalue weighted by Gasteiger charge is -2.16. The minimum Gasteiger partial charge on any atom is -0.309 e. The Hall–Kier alpha value is -0.630. The van der Waals surface area contributed by atoms with E-state index in [4.69, 9.17) is 9.05 Å². The molecule has 152 valence electrons. The van der Waals surface area contributed by atoms with E-state index in [1.807, 2.05) is 13.8 Å². The van der Waals surface area contributed by atoms with Crippen molar-refractivity contribution < 1.29 is 13.6 Å². The molecule has 26 heavy (non-hydrogen) atoms. The summed E-state index contributed by atoms with van der Waals surface area (Å²) in [6.07, 6.45) is 15.0. The van der Waals surface area contributed by atoms with Crippen LogP contribution in [0.2, 0.25) is 0 Å². The molecule has 0 saturated heterocycles. The van der Waals surface area contributed by atoms with Crippen molar-refractivity contribution in [1.82, 2.24) is 0 Å². The normalized spacial score (nSPS) is 13.2. The van der Waals surface area contributed by atoms with E-state index in [1.54, 1.807) is 0 Å². The zero-order valence-corrected chi connectivity index (χ0v) is 18.9. The summed E-state index contributed by atoms with van der Waals surface area (Å²) < 4.78 is 23.0. The van der Waals surface area contributed by atoms with Gasteiger partial charge >= 0.3 is 7.60 Å². The molecular formula is C22H41O3P. The molecular weight excluding hydrogens is 343 g/mol. The third kappa shape index (κ3) is 14.5. The molecule has 0 aliphatic rings. The van der Waals surface area contributed by atoms with E-state index in [9.17, 15) is 4.57 Å². The summed E-state index contributed by atoms with van der Waals surface area (Å²) >= 11 is 0. The van der Waals surface area contributed by atoms with Gasteiger partial charge in [0.1, 0.15) is 0 Å². The largest absolute Gasteiger partial charge is 0.330 e. The van der Waals surface area contributed by atoms with E-state index in [1.165, 1.54) is 16.7 Å². The molecule has 0 fully saturated rings. The Morgan fingerprint density at radius 1 is 0.769 bits per heavy atom. The second kappa shape index (κ2) is 15.4. The van der Waals surface area contributed by atoms with Crippen LogP contribution in [0.3, 0.4) is 0 Å². The summed E-state index contributed by atoms with van der Waals surface area (Å²) in [4.78, 5) is 0. The van der Waals surface area contributed by atoms with Gasteiger partial charge in [0.2, 0.25) is 0 Å². The molecule has 0 spiro atoms. The van der Waals surface area contributed by atoms with E-state index in [0.29, 0.717) is 19.4 Å². The molecule has 4 heteroatoms. The van der Waals surface area contributed by atoms with Gasteiger partial charge in [-0.3, -0.25) is 4.57 Å². The molecule has 0 heterocycles. The van der Waals surface area contributed by atoms with Crippen molar-refractivity contribution in [2.24, 2.45) is 0 Å². The highest BCUT2D eigenvalue weighted by Gasteiger charge is 2.22. The molecule has 0 radical (unpaired) electrons. The van der Waals surface area contributed by atoms with Crippen LogP contribution in [-0.4, -0.2) is 19.4 Å². The fourth-order valence-corrected chi connectivity index (χ4v) is 4.43. The Labute approximate surface area is 162 Å². The first kappa shape index (κ1) is 25.4. The van der Waals surface area contributed by atoms with Crippen LogP contribution in [0.15, 0.2) is 34.9 Å². The van der Waals surface area contributed by atoms with E-state index < -0.39 is 7.60 Å². The Kier molecular flexibility index (Phi) is 15.1. The predicted octanol–water partition coefficient (Wildman–Crippen LogP) is 7.84. The summed E-state index contributed by atoms with van der Waals surface area (Å²) in [5.74, 6) is 0. The summed E-state index contributed by atoms with van der Waals surface area (Å²) in [6, 6.07) is 0. The zero-order chi connectivity index (χ0) is 19.8. The lowest BCUT2D eigenvalue weighted by atomic mass is 10.1. The number of unbranched alkanes of at least 4 members (excludes halogenated alkanes) is 2. The summed E-state index contributed by atoms with van der Waals surface area (Å²) in [7, 11) is -2.86. The molecule has 3 nitrogen and oxygen atoms in total. The van der Waals surface area contributed by atoms with Crippen LogP contribution < -0.4 is 0 Å². The molecule has 0 rings (SSSR count). The van der Waals surface area contributed by atoms with Gasteiger partial charge in [-0.25, -0.2) is 0 Å². The van der Waals surface area contributed by atoms with Crippen LogP contribution >= 0.6 is 7.60 Å². The maximum absolute atomic E-state index is 12.4. The summed E-state index contributed by atoms with van der Waals surface area (Å²) in [5, 5.41) is 0. The minimum absolute atomic E-state index is 0.442. The maximum Gasteiger partial charge on any atom is 0.330 e. The third-order valence-corrected chi connectivity index (χ3v) is 6.32. The fraction of sp³-hybridized carbons (Fsp3) is 0.727. The molecule has 0 aromatic carbocycles. The highest BCUT2D eigenvalue weighted by molar-refractivity contribution is 7.53. The monoisotopic (exact) mass is 384 g/mol. The average molecular weight is 385 g/mol. The first-order chi connectivity index (χ1) is 12.3. The van der Waals surface area contributed by atoms with Gasteiger partial charge in [-0.2, -0.15) is 0 Å². The first-order valence-corrected chi connectivity index (χ1v) is 11.9. The van der Waals surface area contributed by atoms with Gasteiger partial charge in [-0.15, -0.1) is 0 Å². The smallest absolute Gasteiger partial charge is 0.309 e. The fourth-order valence-electron chi connectivity index (χ4n) is 2.70. The van der Waals surface area contributed by atoms with Gasteiger partial charge < -0.3 is 9.05 Å². The Bertz CT molecular complexity index is 490. The second-order valence-electron chi connectivity index (χ2n) is 7.13. The Balaban J connectivity index is 4.00. The van der Waals surface area contributed by atoms with Crippen molar-refractivity contribution in [3.63, 3.8) is 0 Å². The van der Waals surface area contributed by atoms with Crippen LogP contribution in [0, 0.1) is 0 Å². The van der Waals surface area contributed by atoms with Gasteiger partial charge in [0.15, 0.2) is 0 Å². The number of allylic oxidation sites excluding steroid dienone is 6. The van der Waals surface area contributed by atoms with Crippen LogP contribution in [-0.2, 0) is 13.6 Å². The lowest BCUT2D eigenvalue weighted by molar-refractivity contribution is 0.219. The average Bonchev–Trinajstić information content (AvgIpc) is 2.54. The number of hydrogen-bond acceptors (Lipinski definition) is 3. The Morgan fingerprint density at radius 3 is 1.77 bits per heavy atom. The predicted molar refractivity (Wildman–Crippen MR) is 115 cm³/mol. The molecule has 0 aliphatic carbocycles. The first-order valence-electron chi connectivity index (χ1n) is 10.2. The van der Waals surface area contributed by atoms with Crippen LogP contribution in [0.1, 0.15) is 86.5 Å². The molecule has 0 saturated carbocycles. The highest BCUT2D eigenvalue weighted by Crippen LogP contribution is 2.48. The number of rotatable bonds is 15. The van der Waals surface area contributed by atoms with Gasteiger partial charge in [0.05, 0.1) is 19.4 Å². The molecule has 0 unspecified atom stereocenters. The SMILES string of the molecule is CCOP(=O)(CCCC/C=C(\C)CC/C=C(\C)CCC=C(C)C)OCC. The van der Waals surface area contributed by atoms with E-state index >= 15 is 0 Å². The van der Waals surface area contributed by atoms with Gasteiger partial charge in [0, 0.05) is 0 Å². The van der Waals surface area contributed by atoms with Crippen molar-refractivity contribution >= 4 is 7.60 Å². The molecule has 0 aliphatic heterocycles. The zero-order valence-electron chi connectivity index (χ0n) is 18.0. The van der Waals surface area contributed by atoms with Crippen LogP contribution in [0.4, 0.5) is 0 Å². The van der Waals surface area contributed by atoms with E-state index in [2.05, 4.69) is 45.9 Å². The molecule has 0 aromatic rings. The summed E-state index contributed by atoms with van der Waals surface area (Å²) in [5.41, 5.74) is 4.32. The molecule has 0 bridgehead atoms. The minimum atomic E-state index is -2.86. The van der Waals surface area contributed by atoms with Crippen molar-refractivity contribution in [2.45, 2.75) is 86.5 Å². The maximum atomic E-state index is 12.4. The Morgan fingerprint density at radius 2 is 1.27 bits per heavy atom. The van der Waals surface area contributed by atoms with Gasteiger partial charge in [-0.1, -0.05) is 34.9 Å². The molecule has 0 atom stereocenters. The van der Waals surface area contributed by atoms with Crippen LogP contribution in [0.5, 0.6) is 0 Å². The topological polar surface area (TPSA) is 35.5 Å². The van der Waals surface area contributed by atoms with E-state index in [0.717, 1.165) is 44.9 Å². The highest BCUT2D eigenvalue weighted by atomic mass is 31.2. The lowest BCUT2D eigenvalue weighted by Crippen LogP contribution is -2.00. The van der Waals surface area contributed by atoms with E-state index in [-0.39, 0.29) is 0 Å². The van der Waals surface area contributed by atoms with Crippen molar-refractivity contribution in [3.05, 3.63) is 34.9 Å². The number of hydrogen-bond donors (Lipinski definition) is 0. The standard InChI is InChI=1S/C22H41O3P/c1-7-24-26(23,25-8-2)19-11-9-10-15-21(5)17-13-18-22(6)16-12-14-20(3)4/h14-15,18H,7-13,16-17,19H2,1-6H3/b21-15+,22-18+. The quantitative estimate of drug-likeness (QED) is 0.164. The van der Waals surface area contributed by atoms with Gasteiger partial charge in [0.25, 0.3) is 0 Å². The molecule has 0 N–H and O–H groups in total. The second-order valence-corrected chi connectivity index (χ2v) is 9.31.